The predicted molar refractivity (Wildman–Crippen MR) is 123 cm³/mol. The standard InChI is InChI=1S/C23H18FN5O2S/c1-13-3-6-15(7-4-13)17-11-32-21-20(17)25-12-28-22(21)27-29(23(28)31)10-19(30)26-18-9-16(24)8-5-14(18)2/h3-9,11-12H,10H2,1-2H3,(H,26,30). The number of hydrogen-bond acceptors (Lipinski definition) is 5. The van der Waals surface area contributed by atoms with Gasteiger partial charge in [-0.25, -0.2) is 23.3 Å². The molecule has 0 saturated heterocycles. The smallest absolute Gasteiger partial charge is 0.324 e. The van der Waals surface area contributed by atoms with Gasteiger partial charge in [-0.05, 0) is 37.1 Å². The minimum Gasteiger partial charge on any atom is -0.324 e. The zero-order chi connectivity index (χ0) is 22.4. The summed E-state index contributed by atoms with van der Waals surface area (Å²) in [5.74, 6) is -0.925. The number of hydrogen-bond donors (Lipinski definition) is 1. The minimum absolute atomic E-state index is 0.297. The second kappa shape index (κ2) is 7.69. The topological polar surface area (TPSA) is 81.3 Å². The molecule has 0 atom stereocenters. The van der Waals surface area contributed by atoms with E-state index < -0.39 is 17.4 Å². The highest BCUT2D eigenvalue weighted by Gasteiger charge is 2.17. The number of carbonyl (C=O) groups excluding carboxylic acids is 1. The van der Waals surface area contributed by atoms with Crippen molar-refractivity contribution >= 4 is 38.8 Å². The van der Waals surface area contributed by atoms with Gasteiger partial charge in [-0.2, -0.15) is 0 Å². The van der Waals surface area contributed by atoms with Crippen molar-refractivity contribution in [3.8, 4) is 11.1 Å². The van der Waals surface area contributed by atoms with Crippen LogP contribution < -0.4 is 11.0 Å². The van der Waals surface area contributed by atoms with Crippen LogP contribution in [0, 0.1) is 19.7 Å². The summed E-state index contributed by atoms with van der Waals surface area (Å²) in [6, 6.07) is 12.3. The van der Waals surface area contributed by atoms with Crippen molar-refractivity contribution in [1.82, 2.24) is 19.2 Å². The van der Waals surface area contributed by atoms with Gasteiger partial charge in [-0.1, -0.05) is 35.9 Å². The third-order valence-corrected chi connectivity index (χ3v) is 6.24. The van der Waals surface area contributed by atoms with Crippen molar-refractivity contribution in [2.75, 3.05) is 5.32 Å². The van der Waals surface area contributed by atoms with E-state index in [1.54, 1.807) is 13.0 Å². The molecule has 0 saturated carbocycles. The number of thiophene rings is 1. The fourth-order valence-corrected chi connectivity index (χ4v) is 4.53. The lowest BCUT2D eigenvalue weighted by molar-refractivity contribution is -0.117. The van der Waals surface area contributed by atoms with Crippen LogP contribution in [0.25, 0.3) is 27.0 Å². The number of aryl methyl sites for hydroxylation is 2. The maximum Gasteiger partial charge on any atom is 0.352 e. The normalized spacial score (nSPS) is 11.3. The summed E-state index contributed by atoms with van der Waals surface area (Å²) in [5.41, 5.74) is 4.97. The summed E-state index contributed by atoms with van der Waals surface area (Å²) < 4.78 is 16.7. The third-order valence-electron chi connectivity index (χ3n) is 5.27. The molecule has 0 spiro atoms. The van der Waals surface area contributed by atoms with Crippen LogP contribution in [0.3, 0.4) is 0 Å². The Balaban J connectivity index is 1.50. The molecule has 0 aliphatic rings. The van der Waals surface area contributed by atoms with E-state index in [1.807, 2.05) is 36.6 Å². The fraction of sp³-hybridized carbons (Fsp3) is 0.130. The first-order chi connectivity index (χ1) is 15.4. The maximum absolute atomic E-state index is 13.5. The molecule has 32 heavy (non-hydrogen) atoms. The van der Waals surface area contributed by atoms with Gasteiger partial charge in [0.1, 0.15) is 18.7 Å². The first kappa shape index (κ1) is 20.1. The number of nitrogens with one attached hydrogen (secondary N) is 1. The van der Waals surface area contributed by atoms with Crippen molar-refractivity contribution in [2.45, 2.75) is 20.4 Å². The number of nitrogens with zero attached hydrogens (tertiary/aromatic N) is 4. The summed E-state index contributed by atoms with van der Waals surface area (Å²) in [7, 11) is 0. The zero-order valence-electron chi connectivity index (χ0n) is 17.3. The lowest BCUT2D eigenvalue weighted by Gasteiger charge is -2.07. The van der Waals surface area contributed by atoms with Crippen LogP contribution in [-0.4, -0.2) is 25.1 Å². The highest BCUT2D eigenvalue weighted by atomic mass is 32.1. The van der Waals surface area contributed by atoms with Crippen LogP contribution in [0.5, 0.6) is 0 Å². The lowest BCUT2D eigenvalue weighted by Crippen LogP contribution is -2.28. The Bertz CT molecular complexity index is 1550. The fourth-order valence-electron chi connectivity index (χ4n) is 3.53. The van der Waals surface area contributed by atoms with Crippen LogP contribution in [0.1, 0.15) is 11.1 Å². The molecule has 0 bridgehead atoms. The molecule has 0 unspecified atom stereocenters. The molecule has 7 nitrogen and oxygen atoms in total. The number of halogens is 1. The first-order valence-electron chi connectivity index (χ1n) is 9.89. The van der Waals surface area contributed by atoms with Crippen molar-refractivity contribution in [3.05, 3.63) is 81.6 Å². The van der Waals surface area contributed by atoms with E-state index in [9.17, 15) is 14.0 Å². The van der Waals surface area contributed by atoms with E-state index in [-0.39, 0.29) is 6.54 Å². The van der Waals surface area contributed by atoms with Crippen molar-refractivity contribution in [3.63, 3.8) is 0 Å². The zero-order valence-corrected chi connectivity index (χ0v) is 18.1. The molecule has 1 amide bonds. The monoisotopic (exact) mass is 447 g/mol. The van der Waals surface area contributed by atoms with E-state index in [2.05, 4.69) is 15.4 Å². The summed E-state index contributed by atoms with van der Waals surface area (Å²) in [6.07, 6.45) is 1.43. The van der Waals surface area contributed by atoms with Crippen molar-refractivity contribution in [2.24, 2.45) is 0 Å². The molecule has 5 rings (SSSR count). The van der Waals surface area contributed by atoms with E-state index >= 15 is 0 Å². The Morgan fingerprint density at radius 1 is 1.16 bits per heavy atom. The molecule has 9 heteroatoms. The number of anilines is 1. The van der Waals surface area contributed by atoms with Gasteiger partial charge < -0.3 is 5.32 Å². The van der Waals surface area contributed by atoms with E-state index in [0.717, 1.165) is 31.6 Å². The molecule has 2 aromatic carbocycles. The molecule has 3 aromatic heterocycles. The Labute approximate surface area is 185 Å². The van der Waals surface area contributed by atoms with Gasteiger partial charge in [0.05, 0.1) is 10.2 Å². The molecule has 0 radical (unpaired) electrons. The van der Waals surface area contributed by atoms with Crippen molar-refractivity contribution in [1.29, 1.82) is 0 Å². The Kier molecular flexibility index (Phi) is 4.82. The number of fused-ring (bicyclic) bond motifs is 3. The average Bonchev–Trinajstić information content (AvgIpc) is 3.33. The predicted octanol–water partition coefficient (Wildman–Crippen LogP) is 4.17. The molecule has 0 fully saturated rings. The van der Waals surface area contributed by atoms with Crippen LogP contribution >= 0.6 is 11.3 Å². The molecular weight excluding hydrogens is 429 g/mol. The van der Waals surface area contributed by atoms with Crippen LogP contribution in [-0.2, 0) is 11.3 Å². The van der Waals surface area contributed by atoms with Gasteiger partial charge in [0.15, 0.2) is 5.65 Å². The van der Waals surface area contributed by atoms with Gasteiger partial charge in [-0.15, -0.1) is 16.4 Å². The van der Waals surface area contributed by atoms with E-state index in [1.165, 1.54) is 39.8 Å². The van der Waals surface area contributed by atoms with Gasteiger partial charge in [0.25, 0.3) is 0 Å². The van der Waals surface area contributed by atoms with Gasteiger partial charge in [-0.3, -0.25) is 4.79 Å². The van der Waals surface area contributed by atoms with Crippen molar-refractivity contribution < 1.29 is 9.18 Å². The van der Waals surface area contributed by atoms with Crippen LogP contribution in [0.4, 0.5) is 10.1 Å². The average molecular weight is 447 g/mol. The largest absolute Gasteiger partial charge is 0.352 e. The molecule has 160 valence electrons. The van der Waals surface area contributed by atoms with Crippen LogP contribution in [0.15, 0.2) is 59.0 Å². The highest BCUT2D eigenvalue weighted by molar-refractivity contribution is 7.18. The highest BCUT2D eigenvalue weighted by Crippen LogP contribution is 2.34. The Morgan fingerprint density at radius 3 is 2.72 bits per heavy atom. The number of carbonyl (C=O) groups is 1. The molecule has 0 aliphatic carbocycles. The third kappa shape index (κ3) is 3.46. The van der Waals surface area contributed by atoms with Gasteiger partial charge in [0, 0.05) is 16.6 Å². The molecule has 0 aliphatic heterocycles. The number of aromatic nitrogens is 4. The minimum atomic E-state index is -0.472. The summed E-state index contributed by atoms with van der Waals surface area (Å²) in [4.78, 5) is 29.8. The summed E-state index contributed by atoms with van der Waals surface area (Å²) in [5, 5.41) is 9.01. The first-order valence-corrected chi connectivity index (χ1v) is 10.8. The number of amides is 1. The SMILES string of the molecule is Cc1ccc(-c2csc3c2ncn2c(=O)n(CC(=O)Nc4cc(F)ccc4C)nc32)cc1. The summed E-state index contributed by atoms with van der Waals surface area (Å²) in [6.45, 7) is 3.49. The van der Waals surface area contributed by atoms with E-state index in [0.29, 0.717) is 11.3 Å². The lowest BCUT2D eigenvalue weighted by atomic mass is 10.1. The maximum atomic E-state index is 13.5. The molecule has 1 N–H and O–H groups in total. The Hall–Kier alpha value is -3.85. The Morgan fingerprint density at radius 2 is 1.94 bits per heavy atom. The number of benzene rings is 2. The second-order valence-electron chi connectivity index (χ2n) is 7.58. The molecule has 3 heterocycles. The van der Waals surface area contributed by atoms with Gasteiger partial charge >= 0.3 is 5.69 Å². The van der Waals surface area contributed by atoms with Gasteiger partial charge in [0.2, 0.25) is 5.91 Å². The summed E-state index contributed by atoms with van der Waals surface area (Å²) >= 11 is 1.45. The molecular formula is C23H18FN5O2S. The second-order valence-corrected chi connectivity index (χ2v) is 8.46. The van der Waals surface area contributed by atoms with Crippen LogP contribution in [0.2, 0.25) is 0 Å². The van der Waals surface area contributed by atoms with E-state index in [4.69, 9.17) is 0 Å². The quantitative estimate of drug-likeness (QED) is 0.448. The molecule has 5 aromatic rings. The number of rotatable bonds is 4.